The lowest BCUT2D eigenvalue weighted by molar-refractivity contribution is -0.254. The summed E-state index contributed by atoms with van der Waals surface area (Å²) in [6, 6.07) is 16.7. The molecule has 0 unspecified atom stereocenters. The van der Waals surface area contributed by atoms with Crippen molar-refractivity contribution >= 4 is 33.8 Å². The Kier molecular flexibility index (Phi) is 6.94. The van der Waals surface area contributed by atoms with Crippen molar-refractivity contribution in [2.24, 2.45) is 0 Å². The van der Waals surface area contributed by atoms with Gasteiger partial charge in [0.05, 0.1) is 0 Å². The van der Waals surface area contributed by atoms with Crippen molar-refractivity contribution in [2.45, 2.75) is 70.1 Å². The Morgan fingerprint density at radius 3 is 1.10 bits per heavy atom. The summed E-state index contributed by atoms with van der Waals surface area (Å²) < 4.78 is 92.7. The van der Waals surface area contributed by atoms with Crippen molar-refractivity contribution in [3.8, 4) is 20.9 Å². The molecule has 0 fully saturated rings. The number of rotatable bonds is 4. The van der Waals surface area contributed by atoms with Crippen LogP contribution in [-0.2, 0) is 10.8 Å². The fraction of sp³-hybridized carbons (Fsp3) is 0.333. The average Bonchev–Trinajstić information content (AvgIpc) is 3.57. The first-order chi connectivity index (χ1) is 18.9. The molecule has 216 valence electrons. The van der Waals surface area contributed by atoms with Crippen LogP contribution in [0.4, 0.5) is 26.3 Å². The normalized spacial score (nSPS) is 18.2. The molecule has 41 heavy (non-hydrogen) atoms. The van der Waals surface area contributed by atoms with Gasteiger partial charge >= 0.3 is 17.8 Å². The van der Waals surface area contributed by atoms with Gasteiger partial charge in [0.2, 0.25) is 0 Å². The summed E-state index contributed by atoms with van der Waals surface area (Å²) in [6.07, 6.45) is 0. The number of hydrogen-bond donors (Lipinski definition) is 0. The third kappa shape index (κ3) is 4.67. The molecule has 0 nitrogen and oxygen atoms in total. The molecule has 0 amide bonds. The number of hydrogen-bond acceptors (Lipinski definition) is 2. The second kappa shape index (κ2) is 9.60. The van der Waals surface area contributed by atoms with Crippen LogP contribution in [0.1, 0.15) is 63.8 Å². The molecule has 4 aromatic rings. The lowest BCUT2D eigenvalue weighted by Crippen LogP contribution is -2.48. The van der Waals surface area contributed by atoms with E-state index in [1.807, 2.05) is 65.8 Å². The molecule has 0 aliphatic heterocycles. The third-order valence-electron chi connectivity index (χ3n) is 7.56. The van der Waals surface area contributed by atoms with Crippen molar-refractivity contribution in [2.75, 3.05) is 0 Å². The maximum atomic E-state index is 15.6. The average molecular weight is 605 g/mol. The van der Waals surface area contributed by atoms with E-state index in [4.69, 9.17) is 0 Å². The zero-order chi connectivity index (χ0) is 30.2. The van der Waals surface area contributed by atoms with E-state index in [0.29, 0.717) is 11.1 Å². The number of halogens is 6. The van der Waals surface area contributed by atoms with Crippen LogP contribution in [0.25, 0.3) is 32.0 Å². The van der Waals surface area contributed by atoms with E-state index in [1.54, 1.807) is 24.3 Å². The molecule has 0 N–H and O–H groups in total. The van der Waals surface area contributed by atoms with Gasteiger partial charge in [-0.3, -0.25) is 0 Å². The van der Waals surface area contributed by atoms with E-state index in [1.165, 1.54) is 22.9 Å². The fourth-order valence-corrected chi connectivity index (χ4v) is 6.95. The SMILES string of the molecule is CC(C)(C)c1ccc(-c2sccc2C2=C(c3ccsc3-c3ccc(C(C)(C)C)cc3)C(F)(F)C(F)(F)C2(F)F)cc1. The van der Waals surface area contributed by atoms with E-state index in [2.05, 4.69) is 0 Å². The molecule has 1 aliphatic carbocycles. The number of allylic oxidation sites excluding steroid dienone is 2. The van der Waals surface area contributed by atoms with Crippen LogP contribution in [0.15, 0.2) is 71.4 Å². The highest BCUT2D eigenvalue weighted by molar-refractivity contribution is 7.14. The Morgan fingerprint density at radius 1 is 0.488 bits per heavy atom. The highest BCUT2D eigenvalue weighted by Crippen LogP contribution is 2.66. The largest absolute Gasteiger partial charge is 0.380 e. The molecule has 0 atom stereocenters. The van der Waals surface area contributed by atoms with E-state index in [0.717, 1.165) is 33.8 Å². The Morgan fingerprint density at radius 2 is 0.805 bits per heavy atom. The number of thiophene rings is 2. The molecule has 2 aromatic heterocycles. The minimum atomic E-state index is -5.62. The molecule has 2 heterocycles. The molecule has 5 rings (SSSR count). The number of alkyl halides is 6. The van der Waals surface area contributed by atoms with E-state index < -0.39 is 28.9 Å². The molecule has 0 radical (unpaired) electrons. The van der Waals surface area contributed by atoms with E-state index in [-0.39, 0.29) is 31.7 Å². The van der Waals surface area contributed by atoms with Gasteiger partial charge in [-0.05, 0) is 56.0 Å². The Labute approximate surface area is 244 Å². The summed E-state index contributed by atoms with van der Waals surface area (Å²) in [7, 11) is 0. The standard InChI is InChI=1S/C33H30F6S2/c1-29(2,3)21-11-7-19(8-12-21)27-23(15-17-40-27)25-26(32(36,37)33(38,39)31(25,34)35)24-16-18-41-28(24)20-9-13-22(14-10-20)30(4,5)6/h7-18H,1-6H3. The van der Waals surface area contributed by atoms with Gasteiger partial charge < -0.3 is 0 Å². The van der Waals surface area contributed by atoms with Crippen molar-refractivity contribution < 1.29 is 26.3 Å². The molecule has 0 saturated heterocycles. The van der Waals surface area contributed by atoms with Crippen LogP contribution in [0.5, 0.6) is 0 Å². The maximum absolute atomic E-state index is 15.6. The van der Waals surface area contributed by atoms with Crippen LogP contribution < -0.4 is 0 Å². The molecular formula is C33H30F6S2. The van der Waals surface area contributed by atoms with Gasteiger partial charge in [0.1, 0.15) is 0 Å². The van der Waals surface area contributed by atoms with E-state index in [9.17, 15) is 0 Å². The topological polar surface area (TPSA) is 0 Å². The highest BCUT2D eigenvalue weighted by Gasteiger charge is 2.80. The molecule has 0 spiro atoms. The molecular weight excluding hydrogens is 574 g/mol. The van der Waals surface area contributed by atoms with Crippen molar-refractivity contribution in [3.63, 3.8) is 0 Å². The maximum Gasteiger partial charge on any atom is 0.380 e. The lowest BCUT2D eigenvalue weighted by Gasteiger charge is -2.26. The molecule has 0 bridgehead atoms. The Bertz CT molecular complexity index is 1490. The van der Waals surface area contributed by atoms with Crippen molar-refractivity contribution in [1.82, 2.24) is 0 Å². The summed E-state index contributed by atoms with van der Waals surface area (Å²) in [5, 5.41) is 2.94. The summed E-state index contributed by atoms with van der Waals surface area (Å²) in [6.45, 7) is 12.1. The highest BCUT2D eigenvalue weighted by atomic mass is 32.1. The second-order valence-electron chi connectivity index (χ2n) is 12.5. The first-order valence-corrected chi connectivity index (χ1v) is 14.9. The first kappa shape index (κ1) is 29.6. The third-order valence-corrected chi connectivity index (χ3v) is 9.49. The van der Waals surface area contributed by atoms with Crippen LogP contribution in [0.2, 0.25) is 0 Å². The van der Waals surface area contributed by atoms with Crippen LogP contribution >= 0.6 is 22.7 Å². The Hall–Kier alpha value is -2.84. The second-order valence-corrected chi connectivity index (χ2v) is 14.3. The zero-order valence-electron chi connectivity index (χ0n) is 23.5. The summed E-state index contributed by atoms with van der Waals surface area (Å²) in [5.41, 5.74) is -0.645. The summed E-state index contributed by atoms with van der Waals surface area (Å²) >= 11 is 2.11. The van der Waals surface area contributed by atoms with Crippen LogP contribution in [-0.4, -0.2) is 17.8 Å². The molecule has 1 aliphatic rings. The lowest BCUT2D eigenvalue weighted by atomic mass is 9.86. The van der Waals surface area contributed by atoms with E-state index >= 15 is 26.3 Å². The van der Waals surface area contributed by atoms with Crippen LogP contribution in [0, 0.1) is 0 Å². The van der Waals surface area contributed by atoms with Gasteiger partial charge in [-0.15, -0.1) is 22.7 Å². The zero-order valence-corrected chi connectivity index (χ0v) is 25.1. The predicted molar refractivity (Wildman–Crippen MR) is 159 cm³/mol. The van der Waals surface area contributed by atoms with Gasteiger partial charge in [0.15, 0.2) is 0 Å². The first-order valence-electron chi connectivity index (χ1n) is 13.2. The van der Waals surface area contributed by atoms with Gasteiger partial charge in [-0.1, -0.05) is 90.1 Å². The van der Waals surface area contributed by atoms with Crippen LogP contribution in [0.3, 0.4) is 0 Å². The summed E-state index contributed by atoms with van der Waals surface area (Å²) in [5.74, 6) is -15.8. The van der Waals surface area contributed by atoms with Gasteiger partial charge in [-0.25, -0.2) is 0 Å². The minimum absolute atomic E-state index is 0.171. The summed E-state index contributed by atoms with van der Waals surface area (Å²) in [4.78, 5) is 0.467. The monoisotopic (exact) mass is 604 g/mol. The Balaban J connectivity index is 1.74. The fourth-order valence-electron chi connectivity index (χ4n) is 5.14. The molecule has 2 aromatic carbocycles. The predicted octanol–water partition coefficient (Wildman–Crippen LogP) is 11.6. The van der Waals surface area contributed by atoms with Gasteiger partial charge in [0.25, 0.3) is 0 Å². The quantitative estimate of drug-likeness (QED) is 0.203. The number of benzene rings is 2. The molecule has 0 saturated carbocycles. The van der Waals surface area contributed by atoms with Crippen molar-refractivity contribution in [3.05, 3.63) is 93.7 Å². The molecule has 8 heteroatoms. The smallest absolute Gasteiger partial charge is 0.194 e. The van der Waals surface area contributed by atoms with Gasteiger partial charge in [-0.2, -0.15) is 26.3 Å². The minimum Gasteiger partial charge on any atom is -0.194 e. The van der Waals surface area contributed by atoms with Crippen molar-refractivity contribution in [1.29, 1.82) is 0 Å². The van der Waals surface area contributed by atoms with Gasteiger partial charge in [0, 0.05) is 32.0 Å².